The zero-order valence-corrected chi connectivity index (χ0v) is 12.0. The Morgan fingerprint density at radius 2 is 1.78 bits per heavy atom. The zero-order chi connectivity index (χ0) is 15.6. The second kappa shape index (κ2) is 5.38. The fourth-order valence-electron chi connectivity index (χ4n) is 2.28. The lowest BCUT2D eigenvalue weighted by molar-refractivity contribution is 1.15. The maximum atomic E-state index is 5.91. The summed E-state index contributed by atoms with van der Waals surface area (Å²) in [5.74, 6) is 0.289. The maximum Gasteiger partial charge on any atom is 0.184 e. The van der Waals surface area contributed by atoms with E-state index in [0.29, 0.717) is 28.2 Å². The van der Waals surface area contributed by atoms with Crippen LogP contribution < -0.4 is 5.73 Å². The summed E-state index contributed by atoms with van der Waals surface area (Å²) in [5.41, 5.74) is 9.61. The number of hydrogen-bond donors (Lipinski definition) is 1. The number of nitrogens with two attached hydrogens (primary N) is 1. The van der Waals surface area contributed by atoms with Gasteiger partial charge in [-0.2, -0.15) is 0 Å². The van der Waals surface area contributed by atoms with Gasteiger partial charge in [0.15, 0.2) is 17.0 Å². The average molecular weight is 301 g/mol. The highest BCUT2D eigenvalue weighted by atomic mass is 15.0. The van der Waals surface area contributed by atoms with Crippen LogP contribution in [0.25, 0.3) is 33.8 Å². The fraction of sp³-hybridized carbons (Fsp3) is 0. The molecule has 0 aliphatic rings. The fourth-order valence-corrected chi connectivity index (χ4v) is 2.28. The molecule has 0 fully saturated rings. The number of hydrogen-bond acceptors (Lipinski definition) is 7. The Kier molecular flexibility index (Phi) is 3.09. The Balaban J connectivity index is 2.07. The third-order valence-corrected chi connectivity index (χ3v) is 3.34. The Morgan fingerprint density at radius 1 is 0.826 bits per heavy atom. The van der Waals surface area contributed by atoms with Crippen LogP contribution in [-0.2, 0) is 0 Å². The Hall–Kier alpha value is -3.48. The topological polar surface area (TPSA) is 103 Å². The Labute approximate surface area is 131 Å². The number of pyridine rings is 2. The molecule has 4 aromatic rings. The molecule has 0 spiro atoms. The van der Waals surface area contributed by atoms with Crippen molar-refractivity contribution in [1.29, 1.82) is 0 Å². The number of aromatic nitrogens is 6. The second-order valence-corrected chi connectivity index (χ2v) is 4.81. The average Bonchev–Trinajstić information content (AvgIpc) is 2.63. The van der Waals surface area contributed by atoms with E-state index in [1.807, 2.05) is 30.3 Å². The number of nitrogen functional groups attached to an aromatic ring is 1. The van der Waals surface area contributed by atoms with Gasteiger partial charge in [-0.15, -0.1) is 0 Å². The predicted octanol–water partition coefficient (Wildman–Crippen LogP) is 2.13. The first-order valence-electron chi connectivity index (χ1n) is 6.93. The van der Waals surface area contributed by atoms with E-state index in [1.54, 1.807) is 18.6 Å². The monoisotopic (exact) mass is 301 g/mol. The van der Waals surface area contributed by atoms with E-state index in [0.717, 1.165) is 5.56 Å². The largest absolute Gasteiger partial charge is 0.382 e. The SMILES string of the molecule is Nc1ncnc2nc(-c3cccnc3)c(-c3ccccn3)nc12. The Bertz CT molecular complexity index is 971. The van der Waals surface area contributed by atoms with E-state index in [4.69, 9.17) is 5.73 Å². The highest BCUT2D eigenvalue weighted by molar-refractivity contribution is 5.87. The molecule has 7 heteroatoms. The second-order valence-electron chi connectivity index (χ2n) is 4.81. The molecule has 0 saturated carbocycles. The molecule has 7 nitrogen and oxygen atoms in total. The van der Waals surface area contributed by atoms with E-state index in [1.165, 1.54) is 6.33 Å². The van der Waals surface area contributed by atoms with Crippen molar-refractivity contribution in [2.75, 3.05) is 5.73 Å². The lowest BCUT2D eigenvalue weighted by Gasteiger charge is -2.09. The van der Waals surface area contributed by atoms with Crippen molar-refractivity contribution < 1.29 is 0 Å². The van der Waals surface area contributed by atoms with Crippen LogP contribution in [0.2, 0.25) is 0 Å². The molecule has 23 heavy (non-hydrogen) atoms. The maximum absolute atomic E-state index is 5.91. The minimum Gasteiger partial charge on any atom is -0.382 e. The predicted molar refractivity (Wildman–Crippen MR) is 86.0 cm³/mol. The van der Waals surface area contributed by atoms with Gasteiger partial charge >= 0.3 is 0 Å². The molecule has 0 aromatic carbocycles. The molecule has 0 unspecified atom stereocenters. The van der Waals surface area contributed by atoms with Gasteiger partial charge in [-0.05, 0) is 24.3 Å². The van der Waals surface area contributed by atoms with Crippen molar-refractivity contribution in [3.8, 4) is 22.6 Å². The lowest BCUT2D eigenvalue weighted by atomic mass is 10.1. The van der Waals surface area contributed by atoms with Crippen molar-refractivity contribution in [2.45, 2.75) is 0 Å². The van der Waals surface area contributed by atoms with Crippen LogP contribution in [0.1, 0.15) is 0 Å². The molecule has 4 heterocycles. The minimum absolute atomic E-state index is 0.289. The number of rotatable bonds is 2. The van der Waals surface area contributed by atoms with Crippen LogP contribution >= 0.6 is 0 Å². The molecule has 0 amide bonds. The summed E-state index contributed by atoms with van der Waals surface area (Å²) < 4.78 is 0. The Morgan fingerprint density at radius 3 is 2.57 bits per heavy atom. The summed E-state index contributed by atoms with van der Waals surface area (Å²) in [5, 5.41) is 0. The summed E-state index contributed by atoms with van der Waals surface area (Å²) in [6.45, 7) is 0. The molecule has 0 bridgehead atoms. The summed E-state index contributed by atoms with van der Waals surface area (Å²) in [6, 6.07) is 9.37. The van der Waals surface area contributed by atoms with E-state index in [-0.39, 0.29) is 5.82 Å². The third-order valence-electron chi connectivity index (χ3n) is 3.34. The first-order chi connectivity index (χ1) is 11.3. The first-order valence-corrected chi connectivity index (χ1v) is 6.93. The quantitative estimate of drug-likeness (QED) is 0.604. The molecule has 4 rings (SSSR count). The standard InChI is InChI=1S/C16H11N7/c17-15-14-16(21-9-20-15)23-12(10-4-3-6-18-8-10)13(22-14)11-5-1-2-7-19-11/h1-9H,(H2,17,20,21,23). The van der Waals surface area contributed by atoms with Crippen LogP contribution in [0, 0.1) is 0 Å². The van der Waals surface area contributed by atoms with Crippen LogP contribution in [0.3, 0.4) is 0 Å². The molecule has 0 atom stereocenters. The normalized spacial score (nSPS) is 10.8. The van der Waals surface area contributed by atoms with Gasteiger partial charge in [-0.3, -0.25) is 9.97 Å². The molecular formula is C16H11N7. The lowest BCUT2D eigenvalue weighted by Crippen LogP contribution is -2.02. The van der Waals surface area contributed by atoms with Gasteiger partial charge in [-0.1, -0.05) is 6.07 Å². The summed E-state index contributed by atoms with van der Waals surface area (Å²) >= 11 is 0. The van der Waals surface area contributed by atoms with Crippen molar-refractivity contribution >= 4 is 17.0 Å². The molecule has 4 aromatic heterocycles. The third kappa shape index (κ3) is 2.34. The molecule has 0 saturated heterocycles. The van der Waals surface area contributed by atoms with E-state index in [2.05, 4.69) is 29.9 Å². The van der Waals surface area contributed by atoms with Gasteiger partial charge in [0, 0.05) is 24.2 Å². The summed E-state index contributed by atoms with van der Waals surface area (Å²) in [7, 11) is 0. The minimum atomic E-state index is 0.289. The molecule has 0 radical (unpaired) electrons. The number of anilines is 1. The van der Waals surface area contributed by atoms with Crippen molar-refractivity contribution in [2.24, 2.45) is 0 Å². The van der Waals surface area contributed by atoms with Gasteiger partial charge < -0.3 is 5.73 Å². The van der Waals surface area contributed by atoms with Crippen molar-refractivity contribution in [3.05, 3.63) is 55.2 Å². The van der Waals surface area contributed by atoms with Crippen molar-refractivity contribution in [1.82, 2.24) is 29.9 Å². The van der Waals surface area contributed by atoms with E-state index >= 15 is 0 Å². The zero-order valence-electron chi connectivity index (χ0n) is 12.0. The number of nitrogens with zero attached hydrogens (tertiary/aromatic N) is 6. The van der Waals surface area contributed by atoms with Crippen LogP contribution in [-0.4, -0.2) is 29.9 Å². The van der Waals surface area contributed by atoms with Gasteiger partial charge in [-0.25, -0.2) is 19.9 Å². The van der Waals surface area contributed by atoms with E-state index in [9.17, 15) is 0 Å². The van der Waals surface area contributed by atoms with Gasteiger partial charge in [0.05, 0.1) is 5.69 Å². The van der Waals surface area contributed by atoms with Crippen LogP contribution in [0.4, 0.5) is 5.82 Å². The smallest absolute Gasteiger partial charge is 0.184 e. The van der Waals surface area contributed by atoms with E-state index < -0.39 is 0 Å². The van der Waals surface area contributed by atoms with Gasteiger partial charge in [0.25, 0.3) is 0 Å². The van der Waals surface area contributed by atoms with Gasteiger partial charge in [0.1, 0.15) is 17.7 Å². The molecular weight excluding hydrogens is 290 g/mol. The van der Waals surface area contributed by atoms with Crippen molar-refractivity contribution in [3.63, 3.8) is 0 Å². The molecule has 2 N–H and O–H groups in total. The number of fused-ring (bicyclic) bond motifs is 1. The highest BCUT2D eigenvalue weighted by Crippen LogP contribution is 2.29. The highest BCUT2D eigenvalue weighted by Gasteiger charge is 2.16. The molecule has 0 aliphatic heterocycles. The summed E-state index contributed by atoms with van der Waals surface area (Å²) in [6.07, 6.45) is 6.52. The van der Waals surface area contributed by atoms with Crippen LogP contribution in [0.15, 0.2) is 55.2 Å². The molecule has 110 valence electrons. The van der Waals surface area contributed by atoms with Gasteiger partial charge in [0.2, 0.25) is 0 Å². The first kappa shape index (κ1) is 13.2. The van der Waals surface area contributed by atoms with Crippen LogP contribution in [0.5, 0.6) is 0 Å². The molecule has 0 aliphatic carbocycles. The summed E-state index contributed by atoms with van der Waals surface area (Å²) in [4.78, 5) is 25.9.